The van der Waals surface area contributed by atoms with Crippen LogP contribution in [0.5, 0.6) is 0 Å². The highest BCUT2D eigenvalue weighted by Crippen LogP contribution is 2.16. The molecule has 142 valence electrons. The standard InChI is InChI=1S/C16H35N5O2S/c1-5-17-16(19-14-15-10-8-12-20(15)6-2)18-11-9-13-21(7-3)24(4,22)23/h15H,5-14H2,1-4H3,(H2,17,18,19). The van der Waals surface area contributed by atoms with Gasteiger partial charge in [0.2, 0.25) is 10.0 Å². The molecule has 24 heavy (non-hydrogen) atoms. The Bertz CT molecular complexity index is 481. The number of likely N-dealkylation sites (N-methyl/N-ethyl adjacent to an activating group) is 1. The third-order valence-corrected chi connectivity index (χ3v) is 5.79. The van der Waals surface area contributed by atoms with Crippen molar-refractivity contribution in [3.8, 4) is 0 Å². The van der Waals surface area contributed by atoms with Gasteiger partial charge in [-0.2, -0.15) is 0 Å². The minimum atomic E-state index is -3.10. The number of nitrogens with zero attached hydrogens (tertiary/aromatic N) is 3. The summed E-state index contributed by atoms with van der Waals surface area (Å²) in [6, 6.07) is 0.547. The van der Waals surface area contributed by atoms with Gasteiger partial charge < -0.3 is 10.6 Å². The fourth-order valence-electron chi connectivity index (χ4n) is 3.08. The van der Waals surface area contributed by atoms with Gasteiger partial charge in [-0.15, -0.1) is 0 Å². The van der Waals surface area contributed by atoms with Gasteiger partial charge in [-0.3, -0.25) is 9.89 Å². The zero-order valence-corrected chi connectivity index (χ0v) is 16.5. The van der Waals surface area contributed by atoms with Crippen LogP contribution in [0.25, 0.3) is 0 Å². The topological polar surface area (TPSA) is 77.0 Å². The Morgan fingerprint density at radius 3 is 2.62 bits per heavy atom. The number of nitrogens with one attached hydrogen (secondary N) is 2. The van der Waals surface area contributed by atoms with Gasteiger partial charge in [0.15, 0.2) is 5.96 Å². The maximum absolute atomic E-state index is 11.6. The molecule has 1 heterocycles. The zero-order chi connectivity index (χ0) is 18.0. The number of rotatable bonds is 10. The Kier molecular flexibility index (Phi) is 9.61. The van der Waals surface area contributed by atoms with E-state index in [4.69, 9.17) is 4.99 Å². The molecule has 0 radical (unpaired) electrons. The second-order valence-electron chi connectivity index (χ2n) is 6.18. The number of sulfonamides is 1. The lowest BCUT2D eigenvalue weighted by Gasteiger charge is -2.22. The van der Waals surface area contributed by atoms with E-state index in [1.807, 2.05) is 13.8 Å². The van der Waals surface area contributed by atoms with E-state index in [0.717, 1.165) is 32.0 Å². The van der Waals surface area contributed by atoms with Crippen LogP contribution < -0.4 is 10.6 Å². The van der Waals surface area contributed by atoms with E-state index in [9.17, 15) is 8.42 Å². The van der Waals surface area contributed by atoms with Gasteiger partial charge in [0.1, 0.15) is 0 Å². The van der Waals surface area contributed by atoms with Crippen LogP contribution in [-0.2, 0) is 10.0 Å². The van der Waals surface area contributed by atoms with Crippen molar-refractivity contribution in [2.45, 2.75) is 46.1 Å². The molecular formula is C16H35N5O2S. The lowest BCUT2D eigenvalue weighted by Crippen LogP contribution is -2.40. The molecular weight excluding hydrogens is 326 g/mol. The molecule has 1 saturated heterocycles. The van der Waals surface area contributed by atoms with Gasteiger partial charge in [0, 0.05) is 32.2 Å². The summed E-state index contributed by atoms with van der Waals surface area (Å²) in [6.45, 7) is 11.8. The lowest BCUT2D eigenvalue weighted by molar-refractivity contribution is 0.273. The number of likely N-dealkylation sites (tertiary alicyclic amines) is 1. The first-order valence-corrected chi connectivity index (χ1v) is 11.0. The van der Waals surface area contributed by atoms with E-state index in [1.54, 1.807) is 0 Å². The van der Waals surface area contributed by atoms with Crippen molar-refractivity contribution in [3.63, 3.8) is 0 Å². The summed E-state index contributed by atoms with van der Waals surface area (Å²) in [5, 5.41) is 6.57. The minimum absolute atomic E-state index is 0.515. The molecule has 0 amide bonds. The highest BCUT2D eigenvalue weighted by atomic mass is 32.2. The van der Waals surface area contributed by atoms with Crippen LogP contribution in [0.2, 0.25) is 0 Å². The van der Waals surface area contributed by atoms with Crippen molar-refractivity contribution in [3.05, 3.63) is 0 Å². The van der Waals surface area contributed by atoms with Crippen LogP contribution in [-0.4, -0.2) is 81.7 Å². The van der Waals surface area contributed by atoms with Gasteiger partial charge in [0.25, 0.3) is 0 Å². The number of hydrogen-bond donors (Lipinski definition) is 2. The molecule has 1 unspecified atom stereocenters. The van der Waals surface area contributed by atoms with E-state index in [0.29, 0.717) is 25.7 Å². The average Bonchev–Trinajstić information content (AvgIpc) is 2.98. The summed E-state index contributed by atoms with van der Waals surface area (Å²) in [5.74, 6) is 0.822. The van der Waals surface area contributed by atoms with Crippen molar-refractivity contribution in [1.82, 2.24) is 19.8 Å². The number of guanidine groups is 1. The molecule has 0 aliphatic carbocycles. The monoisotopic (exact) mass is 361 g/mol. The predicted octanol–water partition coefficient (Wildman–Crippen LogP) is 0.697. The highest BCUT2D eigenvalue weighted by molar-refractivity contribution is 7.88. The molecule has 8 heteroatoms. The summed E-state index contributed by atoms with van der Waals surface area (Å²) in [5.41, 5.74) is 0. The molecule has 0 aromatic carbocycles. The number of aliphatic imine (C=N–C) groups is 1. The van der Waals surface area contributed by atoms with Crippen LogP contribution in [0.15, 0.2) is 4.99 Å². The molecule has 2 N–H and O–H groups in total. The second kappa shape index (κ2) is 10.9. The largest absolute Gasteiger partial charge is 0.357 e. The predicted molar refractivity (Wildman–Crippen MR) is 101 cm³/mol. The maximum atomic E-state index is 11.6. The SMILES string of the molecule is CCNC(=NCC1CCCN1CC)NCCCN(CC)S(C)(=O)=O. The zero-order valence-electron chi connectivity index (χ0n) is 15.7. The first kappa shape index (κ1) is 21.2. The summed E-state index contributed by atoms with van der Waals surface area (Å²) in [4.78, 5) is 7.18. The van der Waals surface area contributed by atoms with Gasteiger partial charge in [-0.25, -0.2) is 12.7 Å². The Labute approximate surface area is 147 Å². The molecule has 0 aromatic heterocycles. The van der Waals surface area contributed by atoms with E-state index < -0.39 is 10.0 Å². The first-order valence-electron chi connectivity index (χ1n) is 9.13. The van der Waals surface area contributed by atoms with Gasteiger partial charge >= 0.3 is 0 Å². The summed E-state index contributed by atoms with van der Waals surface area (Å²) in [7, 11) is -3.10. The molecule has 0 saturated carbocycles. The highest BCUT2D eigenvalue weighted by Gasteiger charge is 2.22. The van der Waals surface area contributed by atoms with E-state index in [-0.39, 0.29) is 0 Å². The van der Waals surface area contributed by atoms with Crippen molar-refractivity contribution in [2.75, 3.05) is 52.1 Å². The third-order valence-electron chi connectivity index (χ3n) is 4.41. The number of hydrogen-bond acceptors (Lipinski definition) is 4. The Balaban J connectivity index is 2.41. The Morgan fingerprint density at radius 1 is 1.29 bits per heavy atom. The molecule has 1 fully saturated rings. The summed E-state index contributed by atoms with van der Waals surface area (Å²) >= 11 is 0. The Hall–Kier alpha value is -0.860. The fraction of sp³-hybridized carbons (Fsp3) is 0.938. The molecule has 0 spiro atoms. The molecule has 1 aliphatic rings. The van der Waals surface area contributed by atoms with Gasteiger partial charge in [-0.1, -0.05) is 13.8 Å². The molecule has 1 aliphatic heterocycles. The Morgan fingerprint density at radius 2 is 2.04 bits per heavy atom. The van der Waals surface area contributed by atoms with Crippen LogP contribution in [0.1, 0.15) is 40.0 Å². The molecule has 7 nitrogen and oxygen atoms in total. The van der Waals surface area contributed by atoms with Crippen LogP contribution in [0.4, 0.5) is 0 Å². The van der Waals surface area contributed by atoms with Crippen molar-refractivity contribution in [1.29, 1.82) is 0 Å². The smallest absolute Gasteiger partial charge is 0.211 e. The van der Waals surface area contributed by atoms with Crippen molar-refractivity contribution < 1.29 is 8.42 Å². The van der Waals surface area contributed by atoms with Crippen molar-refractivity contribution >= 4 is 16.0 Å². The van der Waals surface area contributed by atoms with Gasteiger partial charge in [-0.05, 0) is 39.3 Å². The third kappa shape index (κ3) is 7.36. The molecule has 1 rings (SSSR count). The maximum Gasteiger partial charge on any atom is 0.211 e. The quantitative estimate of drug-likeness (QED) is 0.340. The molecule has 1 atom stereocenters. The van der Waals surface area contributed by atoms with E-state index >= 15 is 0 Å². The lowest BCUT2D eigenvalue weighted by atomic mass is 10.2. The first-order chi connectivity index (χ1) is 11.4. The van der Waals surface area contributed by atoms with Crippen LogP contribution in [0, 0.1) is 0 Å². The van der Waals surface area contributed by atoms with Crippen molar-refractivity contribution in [2.24, 2.45) is 4.99 Å². The second-order valence-corrected chi connectivity index (χ2v) is 8.16. The fourth-order valence-corrected chi connectivity index (χ4v) is 4.01. The average molecular weight is 362 g/mol. The summed E-state index contributed by atoms with van der Waals surface area (Å²) in [6.07, 6.45) is 4.50. The molecule has 0 aromatic rings. The van der Waals surface area contributed by atoms with Crippen LogP contribution in [0.3, 0.4) is 0 Å². The van der Waals surface area contributed by atoms with E-state index in [1.165, 1.54) is 29.9 Å². The van der Waals surface area contributed by atoms with E-state index in [2.05, 4.69) is 22.5 Å². The minimum Gasteiger partial charge on any atom is -0.357 e. The van der Waals surface area contributed by atoms with Gasteiger partial charge in [0.05, 0.1) is 12.8 Å². The summed E-state index contributed by atoms with van der Waals surface area (Å²) < 4.78 is 24.6. The van der Waals surface area contributed by atoms with Crippen LogP contribution >= 0.6 is 0 Å². The normalized spacial score (nSPS) is 19.9. The molecule has 0 bridgehead atoms.